The van der Waals surface area contributed by atoms with Crippen LogP contribution in [-0.2, 0) is 10.0 Å². The van der Waals surface area contributed by atoms with Gasteiger partial charge in [-0.2, -0.15) is 0 Å². The van der Waals surface area contributed by atoms with Gasteiger partial charge in [-0.1, -0.05) is 54.1 Å². The molecule has 0 spiro atoms. The van der Waals surface area contributed by atoms with Crippen LogP contribution in [0.2, 0.25) is 5.02 Å². The number of hydrogen-bond donors (Lipinski definition) is 1. The summed E-state index contributed by atoms with van der Waals surface area (Å²) in [5.74, 6) is 0.980. The van der Waals surface area contributed by atoms with Crippen molar-refractivity contribution in [2.75, 3.05) is 30.5 Å². The predicted molar refractivity (Wildman–Crippen MR) is 133 cm³/mol. The molecule has 3 aromatic rings. The first-order valence-corrected chi connectivity index (χ1v) is 13.3. The van der Waals surface area contributed by atoms with Crippen molar-refractivity contribution >= 4 is 27.3 Å². The zero-order valence-corrected chi connectivity index (χ0v) is 20.3. The molecule has 0 unspecified atom stereocenters. The summed E-state index contributed by atoms with van der Waals surface area (Å²) in [6.45, 7) is 2.55. The Balaban J connectivity index is 1.33. The number of hydrogen-bond acceptors (Lipinski definition) is 5. The molecule has 0 amide bonds. The van der Waals surface area contributed by atoms with Crippen molar-refractivity contribution in [1.29, 1.82) is 0 Å². The van der Waals surface area contributed by atoms with Crippen molar-refractivity contribution in [3.63, 3.8) is 0 Å². The minimum Gasteiger partial charge on any atom is -0.454 e. The van der Waals surface area contributed by atoms with Gasteiger partial charge in [0.15, 0.2) is 5.75 Å². The zero-order chi connectivity index (χ0) is 23.7. The number of fused-ring (bicyclic) bond motifs is 2. The van der Waals surface area contributed by atoms with Crippen LogP contribution < -0.4 is 9.04 Å². The van der Waals surface area contributed by atoms with Gasteiger partial charge >= 0.3 is 0 Å². The lowest BCUT2D eigenvalue weighted by Gasteiger charge is -2.35. The fraction of sp³-hybridized carbons (Fsp3) is 0.308. The largest absolute Gasteiger partial charge is 0.454 e. The molecule has 178 valence electrons. The van der Waals surface area contributed by atoms with Gasteiger partial charge in [0.1, 0.15) is 10.6 Å². The highest BCUT2D eigenvalue weighted by Gasteiger charge is 2.36. The normalized spacial score (nSPS) is 18.9. The maximum atomic E-state index is 13.7. The Morgan fingerprint density at radius 3 is 2.44 bits per heavy atom. The molecule has 6 nitrogen and oxygen atoms in total. The number of piperidine rings is 1. The Morgan fingerprint density at radius 1 is 0.971 bits per heavy atom. The highest BCUT2D eigenvalue weighted by atomic mass is 35.5. The Hall–Kier alpha value is -2.58. The van der Waals surface area contributed by atoms with E-state index in [1.54, 1.807) is 24.3 Å². The SMILES string of the molecule is O=S1(=O)c2cc(Cl)ccc2Oc2ccccc2N1CC1CCN(C[C@H](O)c2ccccc2)CC1. The number of nitrogens with zero attached hydrogens (tertiary/aromatic N) is 2. The third-order valence-electron chi connectivity index (χ3n) is 6.57. The molecule has 0 radical (unpaired) electrons. The van der Waals surface area contributed by atoms with Crippen molar-refractivity contribution in [3.05, 3.63) is 83.4 Å². The summed E-state index contributed by atoms with van der Waals surface area (Å²) in [5.41, 5.74) is 1.45. The third-order valence-corrected chi connectivity index (χ3v) is 8.61. The summed E-state index contributed by atoms with van der Waals surface area (Å²) >= 11 is 6.15. The lowest BCUT2D eigenvalue weighted by molar-refractivity contribution is 0.0905. The lowest BCUT2D eigenvalue weighted by Crippen LogP contribution is -2.42. The van der Waals surface area contributed by atoms with E-state index in [0.717, 1.165) is 31.5 Å². The summed E-state index contributed by atoms with van der Waals surface area (Å²) in [7, 11) is -3.85. The maximum absolute atomic E-state index is 13.7. The van der Waals surface area contributed by atoms with Crippen molar-refractivity contribution in [2.45, 2.75) is 23.8 Å². The molecule has 0 saturated carbocycles. The van der Waals surface area contributed by atoms with E-state index in [4.69, 9.17) is 16.3 Å². The van der Waals surface area contributed by atoms with Gasteiger partial charge < -0.3 is 14.7 Å². The second-order valence-corrected chi connectivity index (χ2v) is 11.1. The van der Waals surface area contributed by atoms with E-state index in [1.165, 1.54) is 10.4 Å². The van der Waals surface area contributed by atoms with Crippen molar-refractivity contribution in [1.82, 2.24) is 4.90 Å². The molecule has 1 saturated heterocycles. The second kappa shape index (κ2) is 9.58. The number of anilines is 1. The van der Waals surface area contributed by atoms with Crippen LogP contribution in [-0.4, -0.2) is 44.6 Å². The van der Waals surface area contributed by atoms with Gasteiger partial charge in [0.25, 0.3) is 10.0 Å². The number of aliphatic hydroxyl groups is 1. The van der Waals surface area contributed by atoms with E-state index in [-0.39, 0.29) is 16.6 Å². The van der Waals surface area contributed by atoms with Crippen LogP contribution in [0, 0.1) is 5.92 Å². The number of β-amino-alcohol motifs (C(OH)–C–C–N with tert-alkyl or cyclic N) is 1. The predicted octanol–water partition coefficient (Wildman–Crippen LogP) is 5.09. The van der Waals surface area contributed by atoms with Crippen molar-refractivity contribution < 1.29 is 18.3 Å². The Morgan fingerprint density at radius 2 is 1.68 bits per heavy atom. The average molecular weight is 499 g/mol. The van der Waals surface area contributed by atoms with Crippen LogP contribution in [0.25, 0.3) is 0 Å². The summed E-state index contributed by atoms with van der Waals surface area (Å²) in [6.07, 6.45) is 1.16. The van der Waals surface area contributed by atoms with Crippen molar-refractivity contribution in [3.8, 4) is 11.5 Å². The van der Waals surface area contributed by atoms with E-state index in [2.05, 4.69) is 4.90 Å². The molecule has 2 aliphatic rings. The molecule has 0 bridgehead atoms. The van der Waals surface area contributed by atoms with E-state index in [1.807, 2.05) is 42.5 Å². The van der Waals surface area contributed by atoms with Gasteiger partial charge in [0.05, 0.1) is 11.8 Å². The Bertz CT molecular complexity index is 1260. The van der Waals surface area contributed by atoms with Gasteiger partial charge in [0, 0.05) is 18.1 Å². The highest BCUT2D eigenvalue weighted by molar-refractivity contribution is 7.93. The average Bonchev–Trinajstić information content (AvgIpc) is 2.93. The molecule has 2 aliphatic heterocycles. The number of rotatable bonds is 5. The van der Waals surface area contributed by atoms with E-state index >= 15 is 0 Å². The molecular weight excluding hydrogens is 472 g/mol. The van der Waals surface area contributed by atoms with Gasteiger partial charge in [0.2, 0.25) is 0 Å². The summed E-state index contributed by atoms with van der Waals surface area (Å²) in [5, 5.41) is 10.9. The molecule has 8 heteroatoms. The molecule has 1 N–H and O–H groups in total. The van der Waals surface area contributed by atoms with Crippen LogP contribution in [0.1, 0.15) is 24.5 Å². The summed E-state index contributed by atoms with van der Waals surface area (Å²) in [6, 6.07) is 21.6. The maximum Gasteiger partial charge on any atom is 0.268 e. The van der Waals surface area contributed by atoms with Crippen molar-refractivity contribution in [2.24, 2.45) is 5.92 Å². The molecule has 1 fully saturated rings. The number of halogens is 1. The number of sulfonamides is 1. The van der Waals surface area contributed by atoms with E-state index in [0.29, 0.717) is 29.5 Å². The van der Waals surface area contributed by atoms with E-state index in [9.17, 15) is 13.5 Å². The first-order chi connectivity index (χ1) is 16.4. The minimum absolute atomic E-state index is 0.0830. The number of likely N-dealkylation sites (tertiary alicyclic amines) is 1. The van der Waals surface area contributed by atoms with Gasteiger partial charge in [-0.15, -0.1) is 0 Å². The fourth-order valence-corrected chi connectivity index (χ4v) is 6.62. The van der Waals surface area contributed by atoms with Crippen LogP contribution in [0.4, 0.5) is 5.69 Å². The second-order valence-electron chi connectivity index (χ2n) is 8.87. The monoisotopic (exact) mass is 498 g/mol. The molecule has 3 aromatic carbocycles. The van der Waals surface area contributed by atoms with Gasteiger partial charge in [-0.25, -0.2) is 8.42 Å². The fourth-order valence-electron chi connectivity index (χ4n) is 4.69. The topological polar surface area (TPSA) is 70.1 Å². The number of benzene rings is 3. The quantitative estimate of drug-likeness (QED) is 0.530. The molecular formula is C26H27ClN2O4S. The van der Waals surface area contributed by atoms with Gasteiger partial charge in [-0.3, -0.25) is 4.31 Å². The highest BCUT2D eigenvalue weighted by Crippen LogP contribution is 2.43. The van der Waals surface area contributed by atoms with Crippen LogP contribution >= 0.6 is 11.6 Å². The number of ether oxygens (including phenoxy) is 1. The number of para-hydroxylation sites is 2. The van der Waals surface area contributed by atoms with Gasteiger partial charge in [-0.05, 0) is 67.7 Å². The molecule has 34 heavy (non-hydrogen) atoms. The molecule has 2 heterocycles. The first kappa shape index (κ1) is 23.2. The van der Waals surface area contributed by atoms with Crippen LogP contribution in [0.5, 0.6) is 11.5 Å². The van der Waals surface area contributed by atoms with Crippen LogP contribution in [0.15, 0.2) is 77.7 Å². The smallest absolute Gasteiger partial charge is 0.268 e. The zero-order valence-electron chi connectivity index (χ0n) is 18.7. The first-order valence-electron chi connectivity index (χ1n) is 11.5. The van der Waals surface area contributed by atoms with Crippen LogP contribution in [0.3, 0.4) is 0 Å². The Kier molecular flexibility index (Phi) is 6.53. The summed E-state index contributed by atoms with van der Waals surface area (Å²) in [4.78, 5) is 2.33. The standard InChI is InChI=1S/C26H27ClN2O4S/c27-21-10-11-25-26(16-21)34(31,32)29(22-8-4-5-9-24(22)33-25)17-19-12-14-28(15-13-19)18-23(30)20-6-2-1-3-7-20/h1-11,16,19,23,30H,12-15,17-18H2/t23-/m0/s1. The Labute approximate surface area is 205 Å². The minimum atomic E-state index is -3.85. The summed E-state index contributed by atoms with van der Waals surface area (Å²) < 4.78 is 34.9. The number of aliphatic hydroxyl groups excluding tert-OH is 1. The third kappa shape index (κ3) is 4.66. The molecule has 1 atom stereocenters. The molecule has 0 aliphatic carbocycles. The molecule has 0 aromatic heterocycles. The lowest BCUT2D eigenvalue weighted by atomic mass is 9.96. The molecule has 5 rings (SSSR count). The van der Waals surface area contributed by atoms with E-state index < -0.39 is 16.1 Å².